The molecule has 0 atom stereocenters. The topological polar surface area (TPSA) is 9.23 Å². The molecule has 0 saturated heterocycles. The summed E-state index contributed by atoms with van der Waals surface area (Å²) in [6.07, 6.45) is 0.950. The third-order valence-corrected chi connectivity index (χ3v) is 2.14. The lowest BCUT2D eigenvalue weighted by Gasteiger charge is -2.06. The number of hydrogen-bond donors (Lipinski definition) is 0. The first-order valence-electron chi connectivity index (χ1n) is 5.24. The van der Waals surface area contributed by atoms with Crippen LogP contribution in [0.2, 0.25) is 0 Å². The lowest BCUT2D eigenvalue weighted by Crippen LogP contribution is -1.99. The summed E-state index contributed by atoms with van der Waals surface area (Å²) < 4.78 is 18.0. The molecular weight excluding hydrogens is 259 g/mol. The molecule has 0 saturated carbocycles. The van der Waals surface area contributed by atoms with Crippen LogP contribution in [0.1, 0.15) is 26.3 Å². The van der Waals surface area contributed by atoms with Gasteiger partial charge in [0.25, 0.3) is 0 Å². The van der Waals surface area contributed by atoms with E-state index in [1.165, 1.54) is 5.56 Å². The first-order chi connectivity index (χ1) is 7.26. The van der Waals surface area contributed by atoms with Crippen LogP contribution in [0.4, 0.5) is 4.39 Å². The fourth-order valence-electron chi connectivity index (χ4n) is 1.06. The number of halogens is 2. The second-order valence-electron chi connectivity index (χ2n) is 2.69. The molecule has 0 aliphatic rings. The molecule has 3 heteroatoms. The van der Waals surface area contributed by atoms with Gasteiger partial charge in [-0.3, -0.25) is 0 Å². The summed E-state index contributed by atoms with van der Waals surface area (Å²) in [5.74, 6) is 0.726. The zero-order valence-electron chi connectivity index (χ0n) is 9.52. The summed E-state index contributed by atoms with van der Waals surface area (Å²) in [6.45, 7) is 5.74. The van der Waals surface area contributed by atoms with E-state index < -0.39 is 6.67 Å². The maximum Gasteiger partial charge on any atom is 0.123 e. The van der Waals surface area contributed by atoms with Gasteiger partial charge in [0.05, 0.1) is 0 Å². The molecule has 0 aliphatic heterocycles. The first kappa shape index (κ1) is 14.4. The minimum atomic E-state index is -0.450. The summed E-state index contributed by atoms with van der Waals surface area (Å²) in [5.41, 5.74) is 1.18. The molecule has 0 bridgehead atoms. The Hall–Kier alpha value is -0.570. The SMILES string of the molecule is CC.CCc1cc(Br)cc(OCCF)c1. The van der Waals surface area contributed by atoms with Gasteiger partial charge in [0.1, 0.15) is 19.0 Å². The molecule has 0 unspecified atom stereocenters. The normalized spacial score (nSPS) is 9.13. The maximum atomic E-state index is 11.8. The Labute approximate surface area is 99.8 Å². The van der Waals surface area contributed by atoms with Crippen LogP contribution in [0.3, 0.4) is 0 Å². The molecule has 0 heterocycles. The standard InChI is InChI=1S/C10H12BrFO.C2H6/c1-2-8-5-9(11)7-10(6-8)13-4-3-12;1-2/h5-7H,2-4H2,1H3;1-2H3. The van der Waals surface area contributed by atoms with Gasteiger partial charge in [0, 0.05) is 4.47 Å². The number of aryl methyl sites for hydroxylation is 1. The molecule has 0 aliphatic carbocycles. The number of rotatable bonds is 4. The number of alkyl halides is 1. The molecule has 0 spiro atoms. The van der Waals surface area contributed by atoms with Crippen molar-refractivity contribution in [2.24, 2.45) is 0 Å². The highest BCUT2D eigenvalue weighted by atomic mass is 79.9. The Bertz CT molecular complexity index is 276. The molecule has 86 valence electrons. The third kappa shape index (κ3) is 5.78. The van der Waals surface area contributed by atoms with Crippen molar-refractivity contribution in [3.05, 3.63) is 28.2 Å². The zero-order valence-corrected chi connectivity index (χ0v) is 11.1. The van der Waals surface area contributed by atoms with Crippen LogP contribution in [-0.4, -0.2) is 13.3 Å². The number of hydrogen-bond acceptors (Lipinski definition) is 1. The molecule has 0 amide bonds. The van der Waals surface area contributed by atoms with Crippen LogP contribution in [0, 0.1) is 0 Å². The van der Waals surface area contributed by atoms with Crippen LogP contribution in [-0.2, 0) is 6.42 Å². The van der Waals surface area contributed by atoms with Gasteiger partial charge >= 0.3 is 0 Å². The zero-order chi connectivity index (χ0) is 11.7. The van der Waals surface area contributed by atoms with Crippen LogP contribution in [0.25, 0.3) is 0 Å². The number of ether oxygens (including phenoxy) is 1. The van der Waals surface area contributed by atoms with Crippen molar-refractivity contribution in [2.45, 2.75) is 27.2 Å². The van der Waals surface area contributed by atoms with Crippen molar-refractivity contribution in [1.82, 2.24) is 0 Å². The van der Waals surface area contributed by atoms with Crippen LogP contribution >= 0.6 is 15.9 Å². The number of benzene rings is 1. The lowest BCUT2D eigenvalue weighted by molar-refractivity contribution is 0.273. The van der Waals surface area contributed by atoms with Gasteiger partial charge in [-0.15, -0.1) is 0 Å². The molecule has 1 nitrogen and oxygen atoms in total. The molecular formula is C12H18BrFO. The van der Waals surface area contributed by atoms with E-state index in [9.17, 15) is 4.39 Å². The van der Waals surface area contributed by atoms with E-state index >= 15 is 0 Å². The Balaban J connectivity index is 0.000000921. The highest BCUT2D eigenvalue weighted by Crippen LogP contribution is 2.21. The van der Waals surface area contributed by atoms with Crippen molar-refractivity contribution in [2.75, 3.05) is 13.3 Å². The Morgan fingerprint density at radius 3 is 2.47 bits per heavy atom. The fourth-order valence-corrected chi connectivity index (χ4v) is 1.58. The van der Waals surface area contributed by atoms with Crippen molar-refractivity contribution in [3.63, 3.8) is 0 Å². The summed E-state index contributed by atoms with van der Waals surface area (Å²) in [4.78, 5) is 0. The van der Waals surface area contributed by atoms with E-state index in [-0.39, 0.29) is 6.61 Å². The van der Waals surface area contributed by atoms with Gasteiger partial charge in [-0.05, 0) is 30.2 Å². The van der Waals surface area contributed by atoms with Gasteiger partial charge in [-0.25, -0.2) is 4.39 Å². The monoisotopic (exact) mass is 276 g/mol. The van der Waals surface area contributed by atoms with E-state index in [2.05, 4.69) is 22.9 Å². The van der Waals surface area contributed by atoms with Crippen molar-refractivity contribution >= 4 is 15.9 Å². The summed E-state index contributed by atoms with van der Waals surface area (Å²) in [5, 5.41) is 0. The first-order valence-corrected chi connectivity index (χ1v) is 6.03. The second kappa shape index (κ2) is 8.72. The van der Waals surface area contributed by atoms with Crippen LogP contribution < -0.4 is 4.74 Å². The van der Waals surface area contributed by atoms with Gasteiger partial charge in [0.2, 0.25) is 0 Å². The van der Waals surface area contributed by atoms with Gasteiger partial charge in [0.15, 0.2) is 0 Å². The highest BCUT2D eigenvalue weighted by molar-refractivity contribution is 9.10. The average Bonchev–Trinajstić information content (AvgIpc) is 2.28. The predicted molar refractivity (Wildman–Crippen MR) is 66.3 cm³/mol. The van der Waals surface area contributed by atoms with E-state index in [0.717, 1.165) is 16.6 Å². The quantitative estimate of drug-likeness (QED) is 0.793. The minimum Gasteiger partial charge on any atom is -0.491 e. The van der Waals surface area contributed by atoms with Crippen molar-refractivity contribution < 1.29 is 9.13 Å². The smallest absolute Gasteiger partial charge is 0.123 e. The van der Waals surface area contributed by atoms with Crippen LogP contribution in [0.15, 0.2) is 22.7 Å². The lowest BCUT2D eigenvalue weighted by atomic mass is 10.2. The van der Waals surface area contributed by atoms with Crippen molar-refractivity contribution in [1.29, 1.82) is 0 Å². The van der Waals surface area contributed by atoms with Gasteiger partial charge in [-0.1, -0.05) is 36.7 Å². The molecule has 1 aromatic carbocycles. The summed E-state index contributed by atoms with van der Waals surface area (Å²) >= 11 is 3.37. The largest absolute Gasteiger partial charge is 0.491 e. The molecule has 0 aromatic heterocycles. The molecule has 15 heavy (non-hydrogen) atoms. The third-order valence-electron chi connectivity index (χ3n) is 1.69. The second-order valence-corrected chi connectivity index (χ2v) is 3.60. The maximum absolute atomic E-state index is 11.8. The summed E-state index contributed by atoms with van der Waals surface area (Å²) in [6, 6.07) is 5.80. The average molecular weight is 277 g/mol. The minimum absolute atomic E-state index is 0.125. The van der Waals surface area contributed by atoms with Gasteiger partial charge in [-0.2, -0.15) is 0 Å². The molecule has 0 fully saturated rings. The predicted octanol–water partition coefficient (Wildman–Crippen LogP) is 4.39. The molecule has 0 N–H and O–H groups in total. The molecule has 1 aromatic rings. The summed E-state index contributed by atoms with van der Waals surface area (Å²) in [7, 11) is 0. The Morgan fingerprint density at radius 1 is 1.27 bits per heavy atom. The Kier molecular flexibility index (Phi) is 8.38. The van der Waals surface area contributed by atoms with E-state index in [1.54, 1.807) is 0 Å². The van der Waals surface area contributed by atoms with Gasteiger partial charge < -0.3 is 4.74 Å². The van der Waals surface area contributed by atoms with E-state index in [0.29, 0.717) is 0 Å². The van der Waals surface area contributed by atoms with Crippen LogP contribution in [0.5, 0.6) is 5.75 Å². The van der Waals surface area contributed by atoms with E-state index in [1.807, 2.05) is 32.0 Å². The Morgan fingerprint density at radius 2 is 1.93 bits per heavy atom. The van der Waals surface area contributed by atoms with Crippen molar-refractivity contribution in [3.8, 4) is 5.75 Å². The highest BCUT2D eigenvalue weighted by Gasteiger charge is 1.98. The van der Waals surface area contributed by atoms with E-state index in [4.69, 9.17) is 4.74 Å². The fraction of sp³-hybridized carbons (Fsp3) is 0.500. The molecule has 1 rings (SSSR count). The molecule has 0 radical (unpaired) electrons.